The Balaban J connectivity index is 1.27. The van der Waals surface area contributed by atoms with E-state index in [9.17, 15) is 0 Å². The summed E-state index contributed by atoms with van der Waals surface area (Å²) >= 11 is 0. The number of oxazole rings is 2. The molecule has 0 aliphatic rings. The van der Waals surface area contributed by atoms with E-state index in [-0.39, 0.29) is 0 Å². The van der Waals surface area contributed by atoms with Gasteiger partial charge in [-0.2, -0.15) is 0 Å². The molecule has 6 nitrogen and oxygen atoms in total. The summed E-state index contributed by atoms with van der Waals surface area (Å²) in [5.74, 6) is 1.33. The maximum absolute atomic E-state index is 5.71. The molecule has 0 fully saturated rings. The van der Waals surface area contributed by atoms with Gasteiger partial charge in [0, 0.05) is 47.0 Å². The van der Waals surface area contributed by atoms with E-state index < -0.39 is 0 Å². The van der Waals surface area contributed by atoms with Crippen molar-refractivity contribution in [3.8, 4) is 78.3 Å². The van der Waals surface area contributed by atoms with Gasteiger partial charge < -0.3 is 8.83 Å². The fourth-order valence-electron chi connectivity index (χ4n) is 7.51. The monoisotopic (exact) mass is 694 g/mol. The predicted octanol–water partition coefficient (Wildman–Crippen LogP) is 12.4. The van der Waals surface area contributed by atoms with Gasteiger partial charge in [0.1, 0.15) is 0 Å². The molecule has 0 aliphatic carbocycles. The van der Waals surface area contributed by atoms with E-state index in [4.69, 9.17) is 13.8 Å². The third kappa shape index (κ3) is 5.63. The molecule has 0 saturated heterocycles. The second kappa shape index (κ2) is 13.3. The number of aromatic nitrogens is 4. The zero-order valence-corrected chi connectivity index (χ0v) is 28.9. The Morgan fingerprint density at radius 1 is 0.278 bits per heavy atom. The number of fused-ring (bicyclic) bond motifs is 2. The Morgan fingerprint density at radius 2 is 0.704 bits per heavy atom. The van der Waals surface area contributed by atoms with Crippen LogP contribution in [0.2, 0.25) is 0 Å². The van der Waals surface area contributed by atoms with Crippen molar-refractivity contribution in [3.05, 3.63) is 183 Å². The van der Waals surface area contributed by atoms with E-state index in [1.807, 2.05) is 24.8 Å². The highest BCUT2D eigenvalue weighted by Crippen LogP contribution is 2.46. The molecule has 0 unspecified atom stereocenters. The average molecular weight is 695 g/mol. The lowest BCUT2D eigenvalue weighted by molar-refractivity contribution is 0.571. The summed E-state index contributed by atoms with van der Waals surface area (Å²) in [4.78, 5) is 17.7. The molecule has 254 valence electrons. The van der Waals surface area contributed by atoms with Crippen molar-refractivity contribution < 1.29 is 8.83 Å². The van der Waals surface area contributed by atoms with Crippen LogP contribution in [0, 0.1) is 0 Å². The molecule has 6 aromatic carbocycles. The van der Waals surface area contributed by atoms with Gasteiger partial charge in [0.25, 0.3) is 0 Å². The molecule has 0 radical (unpaired) electrons. The summed E-state index contributed by atoms with van der Waals surface area (Å²) in [6.45, 7) is 0. The molecule has 4 heterocycles. The SMILES string of the molecule is c1ccc(-c2cc(-c3ccccc3)cc(-c3ccc4c(-c5cncc(-c6cnco6)c5)c5ccccc5c(-c5cncc(-c6cnco6)c5)c4c3)c2)cc1. The van der Waals surface area contributed by atoms with Crippen molar-refractivity contribution in [2.24, 2.45) is 0 Å². The smallest absolute Gasteiger partial charge is 0.181 e. The normalized spacial score (nSPS) is 11.3. The Labute approximate surface area is 311 Å². The number of hydrogen-bond donors (Lipinski definition) is 0. The van der Waals surface area contributed by atoms with Crippen molar-refractivity contribution in [3.63, 3.8) is 0 Å². The maximum atomic E-state index is 5.71. The van der Waals surface area contributed by atoms with Crippen LogP contribution in [-0.4, -0.2) is 19.9 Å². The van der Waals surface area contributed by atoms with Gasteiger partial charge in [-0.25, -0.2) is 9.97 Å². The zero-order chi connectivity index (χ0) is 35.8. The highest BCUT2D eigenvalue weighted by atomic mass is 16.3. The van der Waals surface area contributed by atoms with Gasteiger partial charge >= 0.3 is 0 Å². The molecule has 0 spiro atoms. The molecule has 0 amide bonds. The number of benzene rings is 6. The van der Waals surface area contributed by atoms with Gasteiger partial charge in [-0.05, 0) is 102 Å². The van der Waals surface area contributed by atoms with E-state index in [1.165, 1.54) is 23.9 Å². The number of rotatable bonds is 7. The lowest BCUT2D eigenvalue weighted by atomic mass is 9.84. The molecule has 54 heavy (non-hydrogen) atoms. The minimum atomic E-state index is 0.664. The fraction of sp³-hybridized carbons (Fsp3) is 0. The van der Waals surface area contributed by atoms with Crippen LogP contribution >= 0.6 is 0 Å². The van der Waals surface area contributed by atoms with Crippen molar-refractivity contribution >= 4 is 21.5 Å². The molecule has 0 bridgehead atoms. The Bertz CT molecular complexity index is 2860. The Morgan fingerprint density at radius 3 is 1.20 bits per heavy atom. The second-order valence-electron chi connectivity index (χ2n) is 13.2. The lowest BCUT2D eigenvalue weighted by Gasteiger charge is -2.19. The van der Waals surface area contributed by atoms with Crippen molar-refractivity contribution in [2.75, 3.05) is 0 Å². The number of pyridine rings is 2. The molecule has 6 heteroatoms. The summed E-state index contributed by atoms with van der Waals surface area (Å²) in [7, 11) is 0. The van der Waals surface area contributed by atoms with Gasteiger partial charge in [0.2, 0.25) is 0 Å². The van der Waals surface area contributed by atoms with Crippen LogP contribution < -0.4 is 0 Å². The van der Waals surface area contributed by atoms with Gasteiger partial charge in [-0.15, -0.1) is 0 Å². The first-order chi connectivity index (χ1) is 26.8. The van der Waals surface area contributed by atoms with Gasteiger partial charge in [-0.3, -0.25) is 9.97 Å². The highest BCUT2D eigenvalue weighted by molar-refractivity contribution is 6.22. The van der Waals surface area contributed by atoms with E-state index in [0.717, 1.165) is 77.2 Å². The van der Waals surface area contributed by atoms with Crippen LogP contribution in [0.5, 0.6) is 0 Å². The molecule has 0 atom stereocenters. The fourth-order valence-corrected chi connectivity index (χ4v) is 7.51. The molecule has 0 N–H and O–H groups in total. The van der Waals surface area contributed by atoms with Gasteiger partial charge in [-0.1, -0.05) is 97.1 Å². The van der Waals surface area contributed by atoms with Crippen LogP contribution in [0.4, 0.5) is 0 Å². The van der Waals surface area contributed by atoms with Crippen molar-refractivity contribution in [2.45, 2.75) is 0 Å². The highest BCUT2D eigenvalue weighted by Gasteiger charge is 2.20. The summed E-state index contributed by atoms with van der Waals surface area (Å²) in [6.07, 6.45) is 13.8. The maximum Gasteiger partial charge on any atom is 0.181 e. The summed E-state index contributed by atoms with van der Waals surface area (Å²) in [5.41, 5.74) is 12.7. The van der Waals surface area contributed by atoms with Crippen LogP contribution in [0.3, 0.4) is 0 Å². The summed E-state index contributed by atoms with van der Waals surface area (Å²) in [6, 6.07) is 47.7. The van der Waals surface area contributed by atoms with E-state index >= 15 is 0 Å². The topological polar surface area (TPSA) is 77.8 Å². The molecule has 4 aromatic heterocycles. The minimum absolute atomic E-state index is 0.664. The van der Waals surface area contributed by atoms with E-state index in [0.29, 0.717) is 11.5 Å². The Hall–Kier alpha value is -7.44. The van der Waals surface area contributed by atoms with Crippen LogP contribution in [-0.2, 0) is 0 Å². The lowest BCUT2D eigenvalue weighted by Crippen LogP contribution is -1.94. The average Bonchev–Trinajstić information content (AvgIpc) is 4.00. The first-order valence-electron chi connectivity index (χ1n) is 17.7. The summed E-state index contributed by atoms with van der Waals surface area (Å²) < 4.78 is 11.4. The number of hydrogen-bond acceptors (Lipinski definition) is 6. The Kier molecular flexibility index (Phi) is 7.69. The molecule has 0 saturated carbocycles. The predicted molar refractivity (Wildman–Crippen MR) is 215 cm³/mol. The third-order valence-corrected chi connectivity index (χ3v) is 9.99. The van der Waals surface area contributed by atoms with Crippen molar-refractivity contribution in [1.29, 1.82) is 0 Å². The quantitative estimate of drug-likeness (QED) is 0.155. The van der Waals surface area contributed by atoms with Gasteiger partial charge in [0.05, 0.1) is 12.4 Å². The first kappa shape index (κ1) is 31.3. The number of nitrogens with zero attached hydrogens (tertiary/aromatic N) is 4. The molecule has 10 aromatic rings. The third-order valence-electron chi connectivity index (χ3n) is 9.99. The van der Waals surface area contributed by atoms with Crippen LogP contribution in [0.25, 0.3) is 99.8 Å². The molecular weight excluding hydrogens is 665 g/mol. The summed E-state index contributed by atoms with van der Waals surface area (Å²) in [5, 5.41) is 4.39. The first-order valence-corrected chi connectivity index (χ1v) is 17.7. The second-order valence-corrected chi connectivity index (χ2v) is 13.2. The van der Waals surface area contributed by atoms with Crippen LogP contribution in [0.1, 0.15) is 0 Å². The van der Waals surface area contributed by atoms with Gasteiger partial charge in [0.15, 0.2) is 24.3 Å². The largest absolute Gasteiger partial charge is 0.443 e. The van der Waals surface area contributed by atoms with E-state index in [1.54, 1.807) is 12.4 Å². The van der Waals surface area contributed by atoms with Crippen molar-refractivity contribution in [1.82, 2.24) is 19.9 Å². The molecular formula is C48H30N4O2. The van der Waals surface area contributed by atoms with Crippen LogP contribution in [0.15, 0.2) is 192 Å². The minimum Gasteiger partial charge on any atom is -0.443 e. The van der Waals surface area contributed by atoms with E-state index in [2.05, 4.69) is 148 Å². The standard InChI is InChI=1S/C48H30N4O2/c1-3-9-31(10-4-1)34-17-35(32-11-5-2-6-12-32)19-36(18-34)33-15-16-43-44(22-33)48(40-21-38(24-50-26-40)46-28-52-30-54-46)42-14-8-7-13-41(42)47(43)39-20-37(23-49-25-39)45-27-51-29-53-45/h1-30H. The zero-order valence-electron chi connectivity index (χ0n) is 28.9. The molecule has 0 aliphatic heterocycles. The molecule has 10 rings (SSSR count).